The van der Waals surface area contributed by atoms with Gasteiger partial charge in [-0.15, -0.1) is 12.4 Å². The van der Waals surface area contributed by atoms with Crippen LogP contribution in [0.4, 0.5) is 0 Å². The fraction of sp³-hybridized carbons (Fsp3) is 0.650. The van der Waals surface area contributed by atoms with E-state index in [2.05, 4.69) is 31.3 Å². The lowest BCUT2D eigenvalue weighted by Crippen LogP contribution is -2.48. The van der Waals surface area contributed by atoms with E-state index in [0.717, 1.165) is 19.5 Å². The minimum atomic E-state index is 0. The van der Waals surface area contributed by atoms with Crippen LogP contribution in [0.3, 0.4) is 0 Å². The highest BCUT2D eigenvalue weighted by Crippen LogP contribution is 2.28. The SMILES string of the molecule is Cc1ccccc1C1CN(C(=O)CCC2CCNCC2)C(C)CO1.Cl. The fourth-order valence-electron chi connectivity index (χ4n) is 3.88. The largest absolute Gasteiger partial charge is 0.370 e. The summed E-state index contributed by atoms with van der Waals surface area (Å²) in [5, 5.41) is 3.39. The number of halogens is 1. The maximum atomic E-state index is 12.8. The summed E-state index contributed by atoms with van der Waals surface area (Å²) >= 11 is 0. The zero-order valence-electron chi connectivity index (χ0n) is 15.4. The predicted octanol–water partition coefficient (Wildman–Crippen LogP) is 3.49. The van der Waals surface area contributed by atoms with E-state index in [1.165, 1.54) is 24.0 Å². The lowest BCUT2D eigenvalue weighted by molar-refractivity contribution is -0.144. The molecule has 2 aliphatic rings. The summed E-state index contributed by atoms with van der Waals surface area (Å²) in [7, 11) is 0. The van der Waals surface area contributed by atoms with Crippen LogP contribution in [0.2, 0.25) is 0 Å². The van der Waals surface area contributed by atoms with Crippen LogP contribution in [0.25, 0.3) is 0 Å². The van der Waals surface area contributed by atoms with Crippen molar-refractivity contribution in [3.63, 3.8) is 0 Å². The van der Waals surface area contributed by atoms with Crippen LogP contribution in [-0.2, 0) is 9.53 Å². The number of morpholine rings is 1. The van der Waals surface area contributed by atoms with E-state index in [1.807, 2.05) is 17.0 Å². The average molecular weight is 367 g/mol. The number of hydrogen-bond donors (Lipinski definition) is 1. The molecule has 2 unspecified atom stereocenters. The summed E-state index contributed by atoms with van der Waals surface area (Å²) in [6.07, 6.45) is 4.12. The second-order valence-electron chi connectivity index (χ2n) is 7.31. The van der Waals surface area contributed by atoms with Gasteiger partial charge in [0.05, 0.1) is 19.2 Å². The molecule has 2 fully saturated rings. The van der Waals surface area contributed by atoms with Crippen molar-refractivity contribution in [3.8, 4) is 0 Å². The van der Waals surface area contributed by atoms with Crippen LogP contribution < -0.4 is 5.32 Å². The molecule has 5 heteroatoms. The van der Waals surface area contributed by atoms with E-state index in [-0.39, 0.29) is 24.6 Å². The monoisotopic (exact) mass is 366 g/mol. The first kappa shape index (κ1) is 20.2. The van der Waals surface area contributed by atoms with Gasteiger partial charge >= 0.3 is 0 Å². The van der Waals surface area contributed by atoms with Crippen molar-refractivity contribution in [3.05, 3.63) is 35.4 Å². The highest BCUT2D eigenvalue weighted by molar-refractivity contribution is 5.85. The number of nitrogens with one attached hydrogen (secondary N) is 1. The van der Waals surface area contributed by atoms with Crippen molar-refractivity contribution in [2.75, 3.05) is 26.2 Å². The standard InChI is InChI=1S/C20H30N2O2.ClH/c1-15-5-3-4-6-18(15)19-13-22(16(2)14-24-19)20(23)8-7-17-9-11-21-12-10-17;/h3-6,16-17,19,21H,7-14H2,1-2H3;1H. The number of carbonyl (C=O) groups excluding carboxylic acids is 1. The number of carbonyl (C=O) groups is 1. The molecule has 0 aliphatic carbocycles. The van der Waals surface area contributed by atoms with Crippen molar-refractivity contribution in [2.45, 2.75) is 51.7 Å². The number of hydrogen-bond acceptors (Lipinski definition) is 3. The van der Waals surface area contributed by atoms with Gasteiger partial charge in [0.2, 0.25) is 5.91 Å². The third-order valence-corrected chi connectivity index (χ3v) is 5.51. The van der Waals surface area contributed by atoms with Gasteiger partial charge in [-0.3, -0.25) is 4.79 Å². The van der Waals surface area contributed by atoms with Gasteiger partial charge in [-0.1, -0.05) is 24.3 Å². The Kier molecular flexibility index (Phi) is 7.73. The normalized spacial score (nSPS) is 24.6. The molecule has 0 radical (unpaired) electrons. The van der Waals surface area contributed by atoms with Crippen LogP contribution in [-0.4, -0.2) is 43.1 Å². The van der Waals surface area contributed by atoms with Crippen LogP contribution in [0.1, 0.15) is 49.8 Å². The Morgan fingerprint density at radius 2 is 2.00 bits per heavy atom. The molecule has 2 heterocycles. The van der Waals surface area contributed by atoms with Crippen LogP contribution >= 0.6 is 12.4 Å². The molecular weight excluding hydrogens is 336 g/mol. The molecule has 1 N–H and O–H groups in total. The average Bonchev–Trinajstić information content (AvgIpc) is 2.61. The van der Waals surface area contributed by atoms with E-state index in [4.69, 9.17) is 4.74 Å². The molecule has 2 aliphatic heterocycles. The maximum absolute atomic E-state index is 12.8. The number of rotatable bonds is 4. The molecule has 0 aromatic heterocycles. The molecule has 2 atom stereocenters. The van der Waals surface area contributed by atoms with Crippen LogP contribution in [0.5, 0.6) is 0 Å². The molecule has 1 aromatic carbocycles. The van der Waals surface area contributed by atoms with Gasteiger partial charge in [-0.2, -0.15) is 0 Å². The number of nitrogens with zero attached hydrogens (tertiary/aromatic N) is 1. The number of ether oxygens (including phenoxy) is 1. The Hall–Kier alpha value is -1.10. The molecule has 2 saturated heterocycles. The minimum Gasteiger partial charge on any atom is -0.370 e. The number of benzene rings is 1. The molecule has 1 amide bonds. The predicted molar refractivity (Wildman–Crippen MR) is 103 cm³/mol. The van der Waals surface area contributed by atoms with Crippen LogP contribution in [0.15, 0.2) is 24.3 Å². The van der Waals surface area contributed by atoms with Gasteiger partial charge in [-0.05, 0) is 63.2 Å². The number of piperidine rings is 1. The lowest BCUT2D eigenvalue weighted by atomic mass is 9.92. The van der Waals surface area contributed by atoms with Crippen molar-refractivity contribution >= 4 is 18.3 Å². The van der Waals surface area contributed by atoms with Gasteiger partial charge in [0.1, 0.15) is 6.10 Å². The van der Waals surface area contributed by atoms with Gasteiger partial charge in [0, 0.05) is 6.42 Å². The first-order chi connectivity index (χ1) is 11.6. The van der Waals surface area contributed by atoms with Crippen LogP contribution in [0, 0.1) is 12.8 Å². The third kappa shape index (κ3) is 5.19. The van der Waals surface area contributed by atoms with Crippen molar-refractivity contribution in [1.82, 2.24) is 10.2 Å². The van der Waals surface area contributed by atoms with Gasteiger partial charge in [0.15, 0.2) is 0 Å². The molecule has 25 heavy (non-hydrogen) atoms. The van der Waals surface area contributed by atoms with E-state index in [0.29, 0.717) is 31.4 Å². The highest BCUT2D eigenvalue weighted by atomic mass is 35.5. The van der Waals surface area contributed by atoms with Gasteiger partial charge < -0.3 is 15.0 Å². The van der Waals surface area contributed by atoms with Gasteiger partial charge in [0.25, 0.3) is 0 Å². The molecular formula is C20H31ClN2O2. The first-order valence-corrected chi connectivity index (χ1v) is 9.32. The Balaban J connectivity index is 0.00000225. The zero-order chi connectivity index (χ0) is 16.9. The number of amides is 1. The van der Waals surface area contributed by atoms with E-state index < -0.39 is 0 Å². The Morgan fingerprint density at radius 3 is 2.72 bits per heavy atom. The van der Waals surface area contributed by atoms with Crippen molar-refractivity contribution in [1.29, 1.82) is 0 Å². The minimum absolute atomic E-state index is 0. The molecule has 4 nitrogen and oxygen atoms in total. The van der Waals surface area contributed by atoms with Crippen molar-refractivity contribution < 1.29 is 9.53 Å². The summed E-state index contributed by atoms with van der Waals surface area (Å²) < 4.78 is 6.03. The quantitative estimate of drug-likeness (QED) is 0.886. The summed E-state index contributed by atoms with van der Waals surface area (Å²) in [6.45, 7) is 7.70. The molecule has 1 aromatic rings. The molecule has 3 rings (SSSR count). The zero-order valence-corrected chi connectivity index (χ0v) is 16.2. The van der Waals surface area contributed by atoms with E-state index in [1.54, 1.807) is 0 Å². The summed E-state index contributed by atoms with van der Waals surface area (Å²) in [4.78, 5) is 14.8. The Bertz CT molecular complexity index is 560. The number of aryl methyl sites for hydroxylation is 1. The Morgan fingerprint density at radius 1 is 1.28 bits per heavy atom. The van der Waals surface area contributed by atoms with E-state index >= 15 is 0 Å². The topological polar surface area (TPSA) is 41.6 Å². The van der Waals surface area contributed by atoms with E-state index in [9.17, 15) is 4.79 Å². The third-order valence-electron chi connectivity index (χ3n) is 5.51. The Labute approximate surface area is 157 Å². The second-order valence-corrected chi connectivity index (χ2v) is 7.31. The molecule has 0 spiro atoms. The highest BCUT2D eigenvalue weighted by Gasteiger charge is 2.31. The smallest absolute Gasteiger partial charge is 0.222 e. The van der Waals surface area contributed by atoms with Gasteiger partial charge in [-0.25, -0.2) is 0 Å². The molecule has 0 bridgehead atoms. The molecule has 0 saturated carbocycles. The summed E-state index contributed by atoms with van der Waals surface area (Å²) in [5.74, 6) is 1.00. The fourth-order valence-corrected chi connectivity index (χ4v) is 3.88. The summed E-state index contributed by atoms with van der Waals surface area (Å²) in [6, 6.07) is 8.50. The first-order valence-electron chi connectivity index (χ1n) is 9.32. The summed E-state index contributed by atoms with van der Waals surface area (Å²) in [5.41, 5.74) is 2.44. The van der Waals surface area contributed by atoms with Crippen molar-refractivity contribution in [2.24, 2.45) is 5.92 Å². The maximum Gasteiger partial charge on any atom is 0.222 e. The lowest BCUT2D eigenvalue weighted by Gasteiger charge is -2.39. The molecule has 140 valence electrons. The second kappa shape index (κ2) is 9.56.